The lowest BCUT2D eigenvalue weighted by Crippen LogP contribution is -2.60. The van der Waals surface area contributed by atoms with Crippen molar-refractivity contribution in [3.05, 3.63) is 137 Å². The van der Waals surface area contributed by atoms with Crippen LogP contribution < -0.4 is 10.6 Å². The van der Waals surface area contributed by atoms with E-state index in [1.165, 1.54) is 0 Å². The summed E-state index contributed by atoms with van der Waals surface area (Å²) in [4.78, 5) is 14.7. The fourth-order valence-corrected chi connectivity index (χ4v) is 7.02. The number of hydrogen-bond acceptors (Lipinski definition) is 3. The smallest absolute Gasteiger partial charge is 0.146 e. The van der Waals surface area contributed by atoms with Gasteiger partial charge in [0.2, 0.25) is 0 Å². The standard InChI is InChI=1S/C31H24Br4N2O/c32-21-9-1-17(2-10-21)27-25-28(18-3-11-22(33)12-4-18)37-30(20-7-15-24(35)16-8-20)26(31(25)38)29(36-27)19-5-13-23(34)14-6-19/h1-16,25-30,36-37H/t25?,26?,27-,28-,29+,30+. The zero-order chi connectivity index (χ0) is 26.4. The van der Waals surface area contributed by atoms with Crippen molar-refractivity contribution in [1.29, 1.82) is 0 Å². The minimum absolute atomic E-state index is 0.146. The number of nitrogens with one attached hydrogen (secondary N) is 2. The SMILES string of the molecule is O=C1C2[C@@H](c3ccc(Br)cc3)N[C@@H](c3ccc(Br)cc3)C1[C@H](c1ccc(Br)cc1)N[C@@H]2c1ccc(Br)cc1. The molecule has 0 unspecified atom stereocenters. The van der Waals surface area contributed by atoms with Crippen LogP contribution in [0.5, 0.6) is 0 Å². The van der Waals surface area contributed by atoms with Crippen molar-refractivity contribution >= 4 is 69.5 Å². The lowest BCUT2D eigenvalue weighted by Gasteiger charge is -2.52. The van der Waals surface area contributed by atoms with Crippen LogP contribution in [0.4, 0.5) is 0 Å². The predicted octanol–water partition coefficient (Wildman–Crippen LogP) is 9.01. The van der Waals surface area contributed by atoms with Crippen LogP contribution in [0.1, 0.15) is 46.4 Å². The summed E-state index contributed by atoms with van der Waals surface area (Å²) in [6.45, 7) is 0. The summed E-state index contributed by atoms with van der Waals surface area (Å²) in [6.07, 6.45) is 0. The van der Waals surface area contributed by atoms with Crippen LogP contribution in [-0.2, 0) is 4.79 Å². The highest BCUT2D eigenvalue weighted by molar-refractivity contribution is 9.11. The Morgan fingerprint density at radius 1 is 0.395 bits per heavy atom. The first kappa shape index (κ1) is 26.6. The number of rotatable bonds is 4. The number of fused-ring (bicyclic) bond motifs is 2. The van der Waals surface area contributed by atoms with E-state index in [9.17, 15) is 4.79 Å². The van der Waals surface area contributed by atoms with Crippen molar-refractivity contribution in [2.45, 2.75) is 24.2 Å². The van der Waals surface area contributed by atoms with Crippen molar-refractivity contribution in [2.75, 3.05) is 0 Å². The van der Waals surface area contributed by atoms with Crippen LogP contribution in [0.3, 0.4) is 0 Å². The summed E-state index contributed by atoms with van der Waals surface area (Å²) in [5.74, 6) is -0.231. The van der Waals surface area contributed by atoms with Crippen molar-refractivity contribution in [3.63, 3.8) is 0 Å². The van der Waals surface area contributed by atoms with E-state index in [0.717, 1.165) is 40.1 Å². The third-order valence-electron chi connectivity index (χ3n) is 7.73. The molecule has 0 aliphatic carbocycles. The third-order valence-corrected chi connectivity index (χ3v) is 9.84. The predicted molar refractivity (Wildman–Crippen MR) is 166 cm³/mol. The summed E-state index contributed by atoms with van der Waals surface area (Å²) in [5, 5.41) is 7.94. The number of benzene rings is 4. The molecule has 2 fully saturated rings. The molecule has 2 bridgehead atoms. The average Bonchev–Trinajstić information content (AvgIpc) is 2.91. The second-order valence-electron chi connectivity index (χ2n) is 9.90. The molecule has 2 N–H and O–H groups in total. The summed E-state index contributed by atoms with van der Waals surface area (Å²) < 4.78 is 4.08. The second-order valence-corrected chi connectivity index (χ2v) is 13.6. The highest BCUT2D eigenvalue weighted by Crippen LogP contribution is 2.52. The quantitative estimate of drug-likeness (QED) is 0.218. The Hall–Kier alpha value is -1.61. The van der Waals surface area contributed by atoms with Gasteiger partial charge in [0, 0.05) is 42.1 Å². The molecule has 2 aliphatic heterocycles. The molecular formula is C31H24Br4N2O. The molecule has 0 saturated carbocycles. The number of ketones is 1. The lowest BCUT2D eigenvalue weighted by atomic mass is 9.64. The molecule has 7 heteroatoms. The summed E-state index contributed by atoms with van der Waals surface area (Å²) >= 11 is 14.3. The van der Waals surface area contributed by atoms with Crippen LogP contribution in [0.2, 0.25) is 0 Å². The van der Waals surface area contributed by atoms with Crippen LogP contribution >= 0.6 is 63.7 Å². The zero-order valence-electron chi connectivity index (χ0n) is 20.1. The number of carbonyl (C=O) groups is 1. The maximum absolute atomic E-state index is 14.7. The van der Waals surface area contributed by atoms with Crippen molar-refractivity contribution in [3.8, 4) is 0 Å². The van der Waals surface area contributed by atoms with Crippen LogP contribution in [0.15, 0.2) is 115 Å². The van der Waals surface area contributed by atoms with Gasteiger partial charge in [0.1, 0.15) is 5.78 Å². The third kappa shape index (κ3) is 5.14. The number of Topliss-reactive ketones (excluding diaryl/α,β-unsaturated/α-hetero) is 1. The molecule has 3 nitrogen and oxygen atoms in total. The molecule has 0 spiro atoms. The van der Waals surface area contributed by atoms with Gasteiger partial charge in [-0.15, -0.1) is 0 Å². The number of hydrogen-bond donors (Lipinski definition) is 2. The molecule has 6 rings (SSSR count). The van der Waals surface area contributed by atoms with Gasteiger partial charge in [0.05, 0.1) is 11.8 Å². The van der Waals surface area contributed by atoms with E-state index in [4.69, 9.17) is 0 Å². The molecule has 4 atom stereocenters. The minimum Gasteiger partial charge on any atom is -0.302 e. The largest absolute Gasteiger partial charge is 0.302 e. The molecule has 4 aromatic rings. The Morgan fingerprint density at radius 3 is 0.816 bits per heavy atom. The number of halogens is 4. The van der Waals surface area contributed by atoms with Gasteiger partial charge in [0.15, 0.2) is 0 Å². The molecule has 2 aliphatic rings. The summed E-state index contributed by atoms with van der Waals surface area (Å²) in [7, 11) is 0. The second kappa shape index (κ2) is 11.1. The molecule has 2 saturated heterocycles. The van der Waals surface area contributed by atoms with Gasteiger partial charge in [-0.1, -0.05) is 112 Å². The maximum Gasteiger partial charge on any atom is 0.146 e. The molecule has 0 amide bonds. The molecule has 2 heterocycles. The Kier molecular flexibility index (Phi) is 7.78. The Balaban J connectivity index is 1.51. The first-order valence-corrected chi connectivity index (χ1v) is 15.6. The van der Waals surface area contributed by atoms with Crippen LogP contribution in [0.25, 0.3) is 0 Å². The fourth-order valence-electron chi connectivity index (χ4n) is 5.96. The van der Waals surface area contributed by atoms with E-state index in [1.807, 2.05) is 0 Å². The molecular weight excluding hydrogens is 736 g/mol. The first-order chi connectivity index (χ1) is 18.4. The van der Waals surface area contributed by atoms with Gasteiger partial charge in [-0.05, 0) is 70.8 Å². The van der Waals surface area contributed by atoms with Crippen molar-refractivity contribution in [2.24, 2.45) is 11.8 Å². The van der Waals surface area contributed by atoms with E-state index in [1.54, 1.807) is 0 Å². The van der Waals surface area contributed by atoms with E-state index in [-0.39, 0.29) is 36.0 Å². The van der Waals surface area contributed by atoms with E-state index >= 15 is 0 Å². The number of carbonyl (C=O) groups excluding carboxylic acids is 1. The lowest BCUT2D eigenvalue weighted by molar-refractivity contribution is -0.139. The molecule has 38 heavy (non-hydrogen) atoms. The van der Waals surface area contributed by atoms with Crippen LogP contribution in [-0.4, -0.2) is 5.78 Å². The highest BCUT2D eigenvalue weighted by Gasteiger charge is 2.55. The van der Waals surface area contributed by atoms with Crippen LogP contribution in [0, 0.1) is 11.8 Å². The first-order valence-electron chi connectivity index (χ1n) is 12.5. The topological polar surface area (TPSA) is 41.1 Å². The van der Waals surface area contributed by atoms with E-state index in [0.29, 0.717) is 5.78 Å². The Morgan fingerprint density at radius 2 is 0.605 bits per heavy atom. The Bertz CT molecular complexity index is 1230. The van der Waals surface area contributed by atoms with E-state index in [2.05, 4.69) is 171 Å². The fraction of sp³-hybridized carbons (Fsp3) is 0.194. The highest BCUT2D eigenvalue weighted by atomic mass is 79.9. The van der Waals surface area contributed by atoms with Gasteiger partial charge in [-0.25, -0.2) is 0 Å². The monoisotopic (exact) mass is 756 g/mol. The van der Waals surface area contributed by atoms with Gasteiger partial charge >= 0.3 is 0 Å². The summed E-state index contributed by atoms with van der Waals surface area (Å²) in [5.41, 5.74) is 4.44. The normalized spacial score (nSPS) is 26.8. The number of piperidine rings is 2. The van der Waals surface area contributed by atoms with Gasteiger partial charge in [0.25, 0.3) is 0 Å². The van der Waals surface area contributed by atoms with Crippen molar-refractivity contribution < 1.29 is 4.79 Å². The van der Waals surface area contributed by atoms with E-state index < -0.39 is 0 Å². The molecule has 4 aromatic carbocycles. The van der Waals surface area contributed by atoms with Gasteiger partial charge in [-0.3, -0.25) is 4.79 Å². The van der Waals surface area contributed by atoms with Crippen molar-refractivity contribution in [1.82, 2.24) is 10.6 Å². The zero-order valence-corrected chi connectivity index (χ0v) is 26.5. The summed E-state index contributed by atoms with van der Waals surface area (Å²) in [6, 6.07) is 32.8. The minimum atomic E-state index is -0.263. The molecule has 0 radical (unpaired) electrons. The Labute approximate surface area is 256 Å². The molecule has 0 aromatic heterocycles. The maximum atomic E-state index is 14.7. The molecule has 192 valence electrons. The average molecular weight is 760 g/mol. The van der Waals surface area contributed by atoms with Gasteiger partial charge < -0.3 is 10.6 Å². The van der Waals surface area contributed by atoms with Gasteiger partial charge in [-0.2, -0.15) is 0 Å².